The molecule has 1 aliphatic rings. The summed E-state index contributed by atoms with van der Waals surface area (Å²) in [5, 5.41) is 9.06. The lowest BCUT2D eigenvalue weighted by Crippen LogP contribution is -2.20. The number of sulfone groups is 1. The molecule has 5 nitrogen and oxygen atoms in total. The number of aryl methyl sites for hydroxylation is 1. The molecule has 0 bridgehead atoms. The highest BCUT2D eigenvalue weighted by Gasteiger charge is 2.29. The molecule has 1 N–H and O–H groups in total. The minimum atomic E-state index is -3.64. The highest BCUT2D eigenvalue weighted by molar-refractivity contribution is 7.90. The van der Waals surface area contributed by atoms with Gasteiger partial charge < -0.3 is 5.11 Å². The van der Waals surface area contributed by atoms with Gasteiger partial charge in [0, 0.05) is 11.9 Å². The Kier molecular flexibility index (Phi) is 3.62. The lowest BCUT2D eigenvalue weighted by molar-refractivity contribution is 0.0690. The average Bonchev–Trinajstić information content (AvgIpc) is 2.35. The second kappa shape index (κ2) is 4.92. The van der Waals surface area contributed by atoms with E-state index in [-0.39, 0.29) is 10.6 Å². The fraction of sp³-hybridized carbons (Fsp3) is 0.538. The summed E-state index contributed by atoms with van der Waals surface area (Å²) in [5.41, 5.74) is 2.22. The van der Waals surface area contributed by atoms with E-state index in [0.29, 0.717) is 18.4 Å². The summed E-state index contributed by atoms with van der Waals surface area (Å²) in [6.07, 6.45) is 4.93. The van der Waals surface area contributed by atoms with Crippen LogP contribution in [-0.2, 0) is 29.1 Å². The number of hydrogen-bond acceptors (Lipinski definition) is 4. The molecule has 0 spiro atoms. The van der Waals surface area contributed by atoms with Gasteiger partial charge >= 0.3 is 5.97 Å². The van der Waals surface area contributed by atoms with Crippen LogP contribution in [0.25, 0.3) is 0 Å². The minimum absolute atomic E-state index is 0.116. The molecule has 0 saturated carbocycles. The molecule has 6 heteroatoms. The van der Waals surface area contributed by atoms with Gasteiger partial charge in [-0.25, -0.2) is 18.2 Å². The average molecular weight is 283 g/mol. The van der Waals surface area contributed by atoms with Gasteiger partial charge in [0.05, 0.1) is 0 Å². The first-order chi connectivity index (χ1) is 8.86. The fourth-order valence-corrected chi connectivity index (χ4v) is 3.51. The molecule has 0 fully saturated rings. The zero-order valence-corrected chi connectivity index (χ0v) is 11.9. The molecule has 0 atom stereocenters. The van der Waals surface area contributed by atoms with Crippen LogP contribution in [0.2, 0.25) is 0 Å². The number of nitrogens with zero attached hydrogens (tertiary/aromatic N) is 1. The predicted molar refractivity (Wildman–Crippen MR) is 70.3 cm³/mol. The Morgan fingerprint density at radius 2 is 1.84 bits per heavy atom. The molecule has 1 aliphatic carbocycles. The predicted octanol–water partition coefficient (Wildman–Crippen LogP) is 1.62. The molecule has 0 unspecified atom stereocenters. The Balaban J connectivity index is 2.85. The second-order valence-corrected chi connectivity index (χ2v) is 6.76. The van der Waals surface area contributed by atoms with E-state index in [1.807, 2.05) is 6.92 Å². The monoisotopic (exact) mass is 283 g/mol. The molecule has 0 aliphatic heterocycles. The number of carboxylic acids is 1. The highest BCUT2D eigenvalue weighted by atomic mass is 32.2. The van der Waals surface area contributed by atoms with Crippen LogP contribution in [0.3, 0.4) is 0 Å². The van der Waals surface area contributed by atoms with Crippen molar-refractivity contribution in [3.05, 3.63) is 22.4 Å². The zero-order valence-electron chi connectivity index (χ0n) is 11.1. The number of aromatic nitrogens is 1. The number of fused-ring (bicyclic) bond motifs is 1. The van der Waals surface area contributed by atoms with Crippen molar-refractivity contribution in [2.75, 3.05) is 6.26 Å². The molecular weight excluding hydrogens is 266 g/mol. The SMILES string of the molecule is CCc1nc(S(C)(=O)=O)c(C(=O)O)c2c1CCCC2. The van der Waals surface area contributed by atoms with Gasteiger partial charge in [-0.05, 0) is 43.2 Å². The summed E-state index contributed by atoms with van der Waals surface area (Å²) in [7, 11) is -3.64. The van der Waals surface area contributed by atoms with E-state index in [2.05, 4.69) is 4.98 Å². The standard InChI is InChI=1S/C13H17NO4S/c1-3-10-8-6-4-5-7-9(8)11(13(15)16)12(14-10)19(2,17)18/h3-7H2,1-2H3,(H,15,16). The minimum Gasteiger partial charge on any atom is -0.478 e. The fourth-order valence-electron chi connectivity index (χ4n) is 2.66. The van der Waals surface area contributed by atoms with Gasteiger partial charge in [0.1, 0.15) is 5.56 Å². The molecule has 0 amide bonds. The third kappa shape index (κ3) is 2.49. The van der Waals surface area contributed by atoms with Gasteiger partial charge in [-0.15, -0.1) is 0 Å². The van der Waals surface area contributed by atoms with E-state index in [1.54, 1.807) is 0 Å². The molecule has 1 aromatic heterocycles. The highest BCUT2D eigenvalue weighted by Crippen LogP contribution is 2.30. The number of aromatic carboxylic acids is 1. The quantitative estimate of drug-likeness (QED) is 0.911. The first-order valence-corrected chi connectivity index (χ1v) is 8.23. The summed E-state index contributed by atoms with van der Waals surface area (Å²) in [5.74, 6) is -1.20. The third-order valence-corrected chi connectivity index (χ3v) is 4.47. The molecule has 2 rings (SSSR count). The number of rotatable bonds is 3. The maximum atomic E-state index is 11.8. The summed E-state index contributed by atoms with van der Waals surface area (Å²) in [4.78, 5) is 15.6. The van der Waals surface area contributed by atoms with E-state index in [9.17, 15) is 18.3 Å². The van der Waals surface area contributed by atoms with Crippen molar-refractivity contribution in [3.63, 3.8) is 0 Å². The van der Waals surface area contributed by atoms with Crippen LogP contribution in [0.15, 0.2) is 5.03 Å². The smallest absolute Gasteiger partial charge is 0.338 e. The zero-order chi connectivity index (χ0) is 14.2. The van der Waals surface area contributed by atoms with Gasteiger partial charge in [0.2, 0.25) is 0 Å². The van der Waals surface area contributed by atoms with Crippen molar-refractivity contribution in [2.24, 2.45) is 0 Å². The van der Waals surface area contributed by atoms with Crippen LogP contribution in [0.1, 0.15) is 46.9 Å². The normalized spacial score (nSPS) is 15.1. The van der Waals surface area contributed by atoms with Gasteiger partial charge in [-0.3, -0.25) is 0 Å². The van der Waals surface area contributed by atoms with Crippen LogP contribution in [0.4, 0.5) is 0 Å². The van der Waals surface area contributed by atoms with Crippen LogP contribution in [0, 0.1) is 0 Å². The van der Waals surface area contributed by atoms with Crippen molar-refractivity contribution in [2.45, 2.75) is 44.1 Å². The topological polar surface area (TPSA) is 84.3 Å². The van der Waals surface area contributed by atoms with E-state index in [4.69, 9.17) is 0 Å². The van der Waals surface area contributed by atoms with E-state index in [0.717, 1.165) is 36.8 Å². The van der Waals surface area contributed by atoms with E-state index < -0.39 is 15.8 Å². The van der Waals surface area contributed by atoms with E-state index in [1.165, 1.54) is 0 Å². The van der Waals surface area contributed by atoms with Crippen LogP contribution in [-0.4, -0.2) is 30.7 Å². The van der Waals surface area contributed by atoms with Crippen molar-refractivity contribution < 1.29 is 18.3 Å². The Bertz CT molecular complexity index is 635. The number of pyridine rings is 1. The number of carbonyl (C=O) groups is 1. The molecule has 19 heavy (non-hydrogen) atoms. The van der Waals surface area contributed by atoms with Crippen LogP contribution >= 0.6 is 0 Å². The molecule has 1 aromatic rings. The lowest BCUT2D eigenvalue weighted by Gasteiger charge is -2.22. The van der Waals surface area contributed by atoms with Gasteiger partial charge in [0.15, 0.2) is 14.9 Å². The second-order valence-electron chi connectivity index (χ2n) is 4.83. The van der Waals surface area contributed by atoms with E-state index >= 15 is 0 Å². The molecule has 1 heterocycles. The van der Waals surface area contributed by atoms with Gasteiger partial charge in [-0.2, -0.15) is 0 Å². The van der Waals surface area contributed by atoms with Crippen molar-refractivity contribution in [1.29, 1.82) is 0 Å². The molecule has 0 saturated heterocycles. The molecule has 104 valence electrons. The Morgan fingerprint density at radius 3 is 2.32 bits per heavy atom. The van der Waals surface area contributed by atoms with Crippen LogP contribution in [0.5, 0.6) is 0 Å². The summed E-state index contributed by atoms with van der Waals surface area (Å²) >= 11 is 0. The van der Waals surface area contributed by atoms with Gasteiger partial charge in [-0.1, -0.05) is 6.92 Å². The Hall–Kier alpha value is -1.43. The first kappa shape index (κ1) is 14.0. The first-order valence-electron chi connectivity index (χ1n) is 6.34. The third-order valence-electron chi connectivity index (χ3n) is 3.47. The maximum absolute atomic E-state index is 11.8. The molecular formula is C13H17NO4S. The lowest BCUT2D eigenvalue weighted by atomic mass is 9.87. The Morgan fingerprint density at radius 1 is 1.26 bits per heavy atom. The van der Waals surface area contributed by atoms with Crippen molar-refractivity contribution >= 4 is 15.8 Å². The number of hydrogen-bond donors (Lipinski definition) is 1. The Labute approximate surface area is 112 Å². The summed E-state index contributed by atoms with van der Waals surface area (Å²) in [6, 6.07) is 0. The summed E-state index contributed by atoms with van der Waals surface area (Å²) < 4.78 is 23.6. The summed E-state index contributed by atoms with van der Waals surface area (Å²) in [6.45, 7) is 1.91. The largest absolute Gasteiger partial charge is 0.478 e. The molecule has 0 aromatic carbocycles. The maximum Gasteiger partial charge on any atom is 0.338 e. The van der Waals surface area contributed by atoms with Gasteiger partial charge in [0.25, 0.3) is 0 Å². The van der Waals surface area contributed by atoms with Crippen molar-refractivity contribution in [1.82, 2.24) is 4.98 Å². The van der Waals surface area contributed by atoms with Crippen molar-refractivity contribution in [3.8, 4) is 0 Å². The number of carboxylic acid groups (broad SMARTS) is 1. The van der Waals surface area contributed by atoms with Crippen LogP contribution < -0.4 is 0 Å². The molecule has 0 radical (unpaired) electrons.